The predicted octanol–water partition coefficient (Wildman–Crippen LogP) is 0.806. The van der Waals surface area contributed by atoms with Crippen molar-refractivity contribution in [2.24, 2.45) is 7.05 Å². The van der Waals surface area contributed by atoms with Gasteiger partial charge in [0.2, 0.25) is 0 Å². The first-order valence-corrected chi connectivity index (χ1v) is 4.80. The number of aromatic nitrogens is 2. The molecule has 0 aromatic carbocycles. The van der Waals surface area contributed by atoms with Crippen molar-refractivity contribution in [2.75, 3.05) is 14.1 Å². The first-order valence-electron chi connectivity index (χ1n) is 4.80. The average molecular weight is 211 g/mol. The third kappa shape index (κ3) is 2.79. The molecule has 0 bridgehead atoms. The van der Waals surface area contributed by atoms with Crippen molar-refractivity contribution in [3.8, 4) is 0 Å². The highest BCUT2D eigenvalue weighted by Crippen LogP contribution is 2.23. The molecule has 0 saturated heterocycles. The fourth-order valence-electron chi connectivity index (χ4n) is 1.64. The van der Waals surface area contributed by atoms with Crippen molar-refractivity contribution in [1.82, 2.24) is 14.7 Å². The fraction of sp³-hybridized carbons (Fsp3) is 0.600. The Kier molecular flexibility index (Phi) is 3.47. The van der Waals surface area contributed by atoms with Gasteiger partial charge in [-0.25, -0.2) is 0 Å². The van der Waals surface area contributed by atoms with E-state index >= 15 is 0 Å². The van der Waals surface area contributed by atoms with E-state index in [4.69, 9.17) is 5.11 Å². The number of aliphatic carboxylic acids is 1. The van der Waals surface area contributed by atoms with Crippen LogP contribution in [0.25, 0.3) is 0 Å². The lowest BCUT2D eigenvalue weighted by Crippen LogP contribution is -2.24. The molecule has 0 fully saturated rings. The minimum absolute atomic E-state index is 0.0743. The maximum atomic E-state index is 10.7. The summed E-state index contributed by atoms with van der Waals surface area (Å²) in [6.45, 7) is 1.95. The number of carbonyl (C=O) groups is 1. The van der Waals surface area contributed by atoms with E-state index in [0.717, 1.165) is 11.3 Å². The molecular weight excluding hydrogens is 194 g/mol. The lowest BCUT2D eigenvalue weighted by Gasteiger charge is -2.21. The zero-order chi connectivity index (χ0) is 11.6. The topological polar surface area (TPSA) is 58.4 Å². The van der Waals surface area contributed by atoms with Crippen LogP contribution in [0, 0.1) is 6.92 Å². The standard InChI is InChI=1S/C10H17N3O2/c1-7-6-13(4)11-10(7)8(12(2)3)5-9(14)15/h6,8H,5H2,1-4H3,(H,14,15). The average Bonchev–Trinajstić information content (AvgIpc) is 2.40. The highest BCUT2D eigenvalue weighted by Gasteiger charge is 2.22. The normalized spacial score (nSPS) is 13.1. The predicted molar refractivity (Wildman–Crippen MR) is 56.6 cm³/mol. The molecule has 1 unspecified atom stereocenters. The molecule has 15 heavy (non-hydrogen) atoms. The first kappa shape index (κ1) is 11.7. The van der Waals surface area contributed by atoms with Gasteiger partial charge in [0.1, 0.15) is 0 Å². The summed E-state index contributed by atoms with van der Waals surface area (Å²) in [6, 6.07) is -0.163. The Morgan fingerprint density at radius 2 is 2.27 bits per heavy atom. The Labute approximate surface area is 89.3 Å². The lowest BCUT2D eigenvalue weighted by molar-refractivity contribution is -0.138. The molecule has 0 aliphatic carbocycles. The largest absolute Gasteiger partial charge is 0.481 e. The van der Waals surface area contributed by atoms with E-state index in [2.05, 4.69) is 5.10 Å². The number of rotatable bonds is 4. The number of nitrogens with zero attached hydrogens (tertiary/aromatic N) is 3. The van der Waals surface area contributed by atoms with Crippen LogP contribution in [-0.4, -0.2) is 39.9 Å². The number of carboxylic acid groups (broad SMARTS) is 1. The van der Waals surface area contributed by atoms with Crippen molar-refractivity contribution in [3.63, 3.8) is 0 Å². The van der Waals surface area contributed by atoms with E-state index in [1.54, 1.807) is 4.68 Å². The van der Waals surface area contributed by atoms with Gasteiger partial charge in [0.15, 0.2) is 0 Å². The molecule has 0 aliphatic heterocycles. The summed E-state index contributed by atoms with van der Waals surface area (Å²) in [5, 5.41) is 13.1. The Morgan fingerprint density at radius 1 is 1.67 bits per heavy atom. The van der Waals surface area contributed by atoms with Crippen LogP contribution >= 0.6 is 0 Å². The molecule has 1 aromatic rings. The summed E-state index contributed by atoms with van der Waals surface area (Å²) in [7, 11) is 5.56. The number of carboxylic acids is 1. The lowest BCUT2D eigenvalue weighted by atomic mass is 10.1. The molecule has 1 rings (SSSR count). The number of hydrogen-bond donors (Lipinski definition) is 1. The Morgan fingerprint density at radius 3 is 2.60 bits per heavy atom. The summed E-state index contributed by atoms with van der Waals surface area (Å²) in [6.07, 6.45) is 1.97. The Balaban J connectivity index is 2.98. The van der Waals surface area contributed by atoms with Gasteiger partial charge in [0, 0.05) is 13.2 Å². The van der Waals surface area contributed by atoms with Crippen LogP contribution in [0.15, 0.2) is 6.20 Å². The quantitative estimate of drug-likeness (QED) is 0.800. The highest BCUT2D eigenvalue weighted by molar-refractivity contribution is 5.67. The molecule has 0 radical (unpaired) electrons. The highest BCUT2D eigenvalue weighted by atomic mass is 16.4. The van der Waals surface area contributed by atoms with E-state index in [9.17, 15) is 4.79 Å². The van der Waals surface area contributed by atoms with Crippen LogP contribution in [0.4, 0.5) is 0 Å². The second kappa shape index (κ2) is 4.44. The van der Waals surface area contributed by atoms with E-state index in [1.165, 1.54) is 0 Å². The van der Waals surface area contributed by atoms with Gasteiger partial charge in [-0.15, -0.1) is 0 Å². The fourth-order valence-corrected chi connectivity index (χ4v) is 1.64. The summed E-state index contributed by atoms with van der Waals surface area (Å²) < 4.78 is 1.71. The smallest absolute Gasteiger partial charge is 0.305 e. The van der Waals surface area contributed by atoms with Crippen molar-refractivity contribution < 1.29 is 9.90 Å². The monoisotopic (exact) mass is 211 g/mol. The molecule has 0 aliphatic rings. The van der Waals surface area contributed by atoms with E-state index in [1.807, 2.05) is 39.2 Å². The minimum Gasteiger partial charge on any atom is -0.481 e. The van der Waals surface area contributed by atoms with Gasteiger partial charge in [0.25, 0.3) is 0 Å². The van der Waals surface area contributed by atoms with E-state index in [-0.39, 0.29) is 12.5 Å². The Hall–Kier alpha value is -1.36. The second-order valence-corrected chi connectivity index (χ2v) is 3.95. The van der Waals surface area contributed by atoms with Crippen molar-refractivity contribution in [1.29, 1.82) is 0 Å². The first-order chi connectivity index (χ1) is 6.91. The van der Waals surface area contributed by atoms with Crippen molar-refractivity contribution in [3.05, 3.63) is 17.5 Å². The van der Waals surface area contributed by atoms with Crippen LogP contribution in [0.1, 0.15) is 23.7 Å². The number of aryl methyl sites for hydroxylation is 2. The second-order valence-electron chi connectivity index (χ2n) is 3.95. The van der Waals surface area contributed by atoms with Crippen LogP contribution in [0.3, 0.4) is 0 Å². The van der Waals surface area contributed by atoms with E-state index in [0.29, 0.717) is 0 Å². The molecule has 5 nitrogen and oxygen atoms in total. The summed E-state index contributed by atoms with van der Waals surface area (Å²) >= 11 is 0. The zero-order valence-corrected chi connectivity index (χ0v) is 9.56. The third-order valence-electron chi connectivity index (χ3n) is 2.36. The van der Waals surface area contributed by atoms with Gasteiger partial charge in [-0.3, -0.25) is 9.48 Å². The minimum atomic E-state index is -0.807. The maximum absolute atomic E-state index is 10.7. The number of hydrogen-bond acceptors (Lipinski definition) is 3. The maximum Gasteiger partial charge on any atom is 0.305 e. The molecule has 84 valence electrons. The summed E-state index contributed by atoms with van der Waals surface area (Å²) in [5.41, 5.74) is 1.86. The summed E-state index contributed by atoms with van der Waals surface area (Å²) in [5.74, 6) is -0.807. The van der Waals surface area contributed by atoms with Crippen molar-refractivity contribution >= 4 is 5.97 Å². The van der Waals surface area contributed by atoms with E-state index < -0.39 is 5.97 Å². The van der Waals surface area contributed by atoms with Gasteiger partial charge >= 0.3 is 5.97 Å². The SMILES string of the molecule is Cc1cn(C)nc1C(CC(=O)O)N(C)C. The molecule has 0 spiro atoms. The third-order valence-corrected chi connectivity index (χ3v) is 2.36. The van der Waals surface area contributed by atoms with Gasteiger partial charge in [0.05, 0.1) is 18.2 Å². The van der Waals surface area contributed by atoms with Gasteiger partial charge in [-0.2, -0.15) is 5.10 Å². The molecule has 1 N–H and O–H groups in total. The van der Waals surface area contributed by atoms with Gasteiger partial charge < -0.3 is 10.0 Å². The summed E-state index contributed by atoms with van der Waals surface area (Å²) in [4.78, 5) is 12.6. The van der Waals surface area contributed by atoms with Gasteiger partial charge in [-0.1, -0.05) is 0 Å². The van der Waals surface area contributed by atoms with Crippen molar-refractivity contribution in [2.45, 2.75) is 19.4 Å². The molecule has 1 aromatic heterocycles. The molecule has 1 heterocycles. The molecule has 1 atom stereocenters. The van der Waals surface area contributed by atoms with Crippen LogP contribution in [0.2, 0.25) is 0 Å². The Bertz CT molecular complexity index is 358. The molecular formula is C10H17N3O2. The van der Waals surface area contributed by atoms with Crippen LogP contribution in [-0.2, 0) is 11.8 Å². The van der Waals surface area contributed by atoms with Crippen LogP contribution in [0.5, 0.6) is 0 Å². The van der Waals surface area contributed by atoms with Gasteiger partial charge in [-0.05, 0) is 26.6 Å². The molecule has 5 heteroatoms. The molecule has 0 amide bonds. The molecule has 0 saturated carbocycles. The van der Waals surface area contributed by atoms with Crippen LogP contribution < -0.4 is 0 Å². The zero-order valence-electron chi connectivity index (χ0n) is 9.56.